The predicted molar refractivity (Wildman–Crippen MR) is 81.2 cm³/mol. The molecule has 0 atom stereocenters. The summed E-state index contributed by atoms with van der Waals surface area (Å²) in [5.41, 5.74) is 3.57. The average Bonchev–Trinajstić information content (AvgIpc) is 2.46. The molecule has 0 saturated carbocycles. The van der Waals surface area contributed by atoms with Crippen molar-refractivity contribution in [3.05, 3.63) is 59.2 Å². The lowest BCUT2D eigenvalue weighted by Crippen LogP contribution is -2.17. The van der Waals surface area contributed by atoms with Gasteiger partial charge in [0.05, 0.1) is 6.61 Å². The van der Waals surface area contributed by atoms with Crippen molar-refractivity contribution in [3.8, 4) is 11.5 Å². The summed E-state index contributed by atoms with van der Waals surface area (Å²) in [5, 5.41) is 11.9. The molecule has 0 spiro atoms. The fourth-order valence-corrected chi connectivity index (χ4v) is 1.95. The van der Waals surface area contributed by atoms with Gasteiger partial charge in [-0.15, -0.1) is 0 Å². The number of benzene rings is 2. The molecule has 0 unspecified atom stereocenters. The highest BCUT2D eigenvalue weighted by Gasteiger charge is 2.03. The molecule has 3 heteroatoms. The van der Waals surface area contributed by atoms with Crippen LogP contribution in [0.4, 0.5) is 0 Å². The van der Waals surface area contributed by atoms with E-state index >= 15 is 0 Å². The second-order valence-corrected chi connectivity index (χ2v) is 4.84. The summed E-state index contributed by atoms with van der Waals surface area (Å²) in [6, 6.07) is 14.1. The number of aliphatic hydroxyl groups excluding tert-OH is 1. The van der Waals surface area contributed by atoms with Crippen molar-refractivity contribution in [2.24, 2.45) is 0 Å². The lowest BCUT2D eigenvalue weighted by molar-refractivity contribution is 0.292. The van der Waals surface area contributed by atoms with E-state index in [0.717, 1.165) is 18.0 Å². The summed E-state index contributed by atoms with van der Waals surface area (Å²) >= 11 is 0. The van der Waals surface area contributed by atoms with Gasteiger partial charge in [0, 0.05) is 13.1 Å². The van der Waals surface area contributed by atoms with Gasteiger partial charge in [0.1, 0.15) is 11.5 Å². The van der Waals surface area contributed by atoms with Crippen LogP contribution in [-0.4, -0.2) is 18.3 Å². The summed E-state index contributed by atoms with van der Waals surface area (Å²) in [6.07, 6.45) is 0. The van der Waals surface area contributed by atoms with E-state index in [1.807, 2.05) is 36.4 Å². The molecule has 20 heavy (non-hydrogen) atoms. The molecule has 0 amide bonds. The molecule has 2 aromatic carbocycles. The minimum absolute atomic E-state index is 0.161. The maximum absolute atomic E-state index is 8.72. The SMILES string of the molecule is Cc1cccc(Oc2ccc(CNCCO)cc2)c1C. The van der Waals surface area contributed by atoms with Crippen LogP contribution < -0.4 is 10.1 Å². The fourth-order valence-electron chi connectivity index (χ4n) is 1.95. The standard InChI is InChI=1S/C17H21NO2/c1-13-4-3-5-17(14(13)2)20-16-8-6-15(7-9-16)12-18-10-11-19/h3-9,18-19H,10-12H2,1-2H3. The number of aliphatic hydroxyl groups is 1. The Labute approximate surface area is 120 Å². The van der Waals surface area contributed by atoms with E-state index < -0.39 is 0 Å². The molecule has 0 heterocycles. The summed E-state index contributed by atoms with van der Waals surface area (Å²) in [6.45, 7) is 5.68. The van der Waals surface area contributed by atoms with Crippen molar-refractivity contribution in [3.63, 3.8) is 0 Å². The molecule has 0 aliphatic heterocycles. The summed E-state index contributed by atoms with van der Waals surface area (Å²) in [5.74, 6) is 1.74. The predicted octanol–water partition coefficient (Wildman–Crippen LogP) is 3.18. The maximum Gasteiger partial charge on any atom is 0.130 e. The van der Waals surface area contributed by atoms with Crippen molar-refractivity contribution in [1.82, 2.24) is 5.32 Å². The molecule has 0 bridgehead atoms. The van der Waals surface area contributed by atoms with E-state index in [2.05, 4.69) is 25.2 Å². The first-order chi connectivity index (χ1) is 9.70. The Hall–Kier alpha value is -1.84. The first-order valence-corrected chi connectivity index (χ1v) is 6.85. The monoisotopic (exact) mass is 271 g/mol. The Morgan fingerprint density at radius 2 is 1.80 bits per heavy atom. The van der Waals surface area contributed by atoms with Gasteiger partial charge in [-0.05, 0) is 48.7 Å². The van der Waals surface area contributed by atoms with Crippen LogP contribution in [-0.2, 0) is 6.54 Å². The Balaban J connectivity index is 2.01. The van der Waals surface area contributed by atoms with E-state index in [1.54, 1.807) is 0 Å². The van der Waals surface area contributed by atoms with Gasteiger partial charge in [-0.2, -0.15) is 0 Å². The quantitative estimate of drug-likeness (QED) is 0.793. The van der Waals surface area contributed by atoms with Gasteiger partial charge in [0.2, 0.25) is 0 Å². The third-order valence-electron chi connectivity index (χ3n) is 3.32. The number of hydrogen-bond acceptors (Lipinski definition) is 3. The number of nitrogens with one attached hydrogen (secondary N) is 1. The van der Waals surface area contributed by atoms with Crippen LogP contribution in [0.5, 0.6) is 11.5 Å². The summed E-state index contributed by atoms with van der Waals surface area (Å²) in [4.78, 5) is 0. The van der Waals surface area contributed by atoms with Gasteiger partial charge in [-0.1, -0.05) is 24.3 Å². The van der Waals surface area contributed by atoms with Gasteiger partial charge < -0.3 is 15.2 Å². The highest BCUT2D eigenvalue weighted by Crippen LogP contribution is 2.26. The maximum atomic E-state index is 8.72. The number of ether oxygens (including phenoxy) is 1. The van der Waals surface area contributed by atoms with Crippen LogP contribution >= 0.6 is 0 Å². The molecular weight excluding hydrogens is 250 g/mol. The number of aryl methyl sites for hydroxylation is 1. The van der Waals surface area contributed by atoms with E-state index in [9.17, 15) is 0 Å². The molecule has 2 rings (SSSR count). The average molecular weight is 271 g/mol. The fraction of sp³-hybridized carbons (Fsp3) is 0.294. The molecule has 0 saturated heterocycles. The molecule has 2 N–H and O–H groups in total. The Morgan fingerprint density at radius 3 is 2.50 bits per heavy atom. The molecular formula is C17H21NO2. The van der Waals surface area contributed by atoms with Crippen LogP contribution in [0.3, 0.4) is 0 Å². The van der Waals surface area contributed by atoms with Gasteiger partial charge in [0.15, 0.2) is 0 Å². The second kappa shape index (κ2) is 7.08. The van der Waals surface area contributed by atoms with Gasteiger partial charge in [0.25, 0.3) is 0 Å². The van der Waals surface area contributed by atoms with E-state index in [4.69, 9.17) is 9.84 Å². The third kappa shape index (κ3) is 3.83. The van der Waals surface area contributed by atoms with Crippen LogP contribution in [0.15, 0.2) is 42.5 Å². The zero-order valence-electron chi connectivity index (χ0n) is 12.0. The molecule has 0 aromatic heterocycles. The van der Waals surface area contributed by atoms with Crippen molar-refractivity contribution in [2.75, 3.05) is 13.2 Å². The largest absolute Gasteiger partial charge is 0.457 e. The van der Waals surface area contributed by atoms with Crippen LogP contribution in [0.25, 0.3) is 0 Å². The molecule has 0 fully saturated rings. The van der Waals surface area contributed by atoms with E-state index in [1.165, 1.54) is 16.7 Å². The molecule has 2 aromatic rings. The molecule has 0 aliphatic carbocycles. The van der Waals surface area contributed by atoms with Crippen LogP contribution in [0.1, 0.15) is 16.7 Å². The van der Waals surface area contributed by atoms with Gasteiger partial charge in [-0.25, -0.2) is 0 Å². The number of hydrogen-bond donors (Lipinski definition) is 2. The summed E-state index contributed by atoms with van der Waals surface area (Å²) in [7, 11) is 0. The van der Waals surface area contributed by atoms with E-state index in [-0.39, 0.29) is 6.61 Å². The first kappa shape index (κ1) is 14.6. The Morgan fingerprint density at radius 1 is 1.05 bits per heavy atom. The normalized spacial score (nSPS) is 10.6. The summed E-state index contributed by atoms with van der Waals surface area (Å²) < 4.78 is 5.91. The first-order valence-electron chi connectivity index (χ1n) is 6.85. The van der Waals surface area contributed by atoms with Crippen molar-refractivity contribution in [1.29, 1.82) is 0 Å². The smallest absolute Gasteiger partial charge is 0.130 e. The van der Waals surface area contributed by atoms with Crippen LogP contribution in [0.2, 0.25) is 0 Å². The highest BCUT2D eigenvalue weighted by molar-refractivity contribution is 5.41. The number of rotatable bonds is 6. The van der Waals surface area contributed by atoms with Gasteiger partial charge in [-0.3, -0.25) is 0 Å². The topological polar surface area (TPSA) is 41.5 Å². The van der Waals surface area contributed by atoms with Crippen molar-refractivity contribution >= 4 is 0 Å². The minimum Gasteiger partial charge on any atom is -0.457 e. The second-order valence-electron chi connectivity index (χ2n) is 4.84. The zero-order valence-corrected chi connectivity index (χ0v) is 12.0. The molecule has 3 nitrogen and oxygen atoms in total. The third-order valence-corrected chi connectivity index (χ3v) is 3.32. The molecule has 0 radical (unpaired) electrons. The Kier molecular flexibility index (Phi) is 5.16. The van der Waals surface area contributed by atoms with Crippen LogP contribution in [0, 0.1) is 13.8 Å². The Bertz CT molecular complexity index is 549. The zero-order chi connectivity index (χ0) is 14.4. The van der Waals surface area contributed by atoms with E-state index in [0.29, 0.717) is 6.54 Å². The van der Waals surface area contributed by atoms with Gasteiger partial charge >= 0.3 is 0 Å². The lowest BCUT2D eigenvalue weighted by atomic mass is 10.1. The highest BCUT2D eigenvalue weighted by atomic mass is 16.5. The lowest BCUT2D eigenvalue weighted by Gasteiger charge is -2.11. The minimum atomic E-state index is 0.161. The molecule has 106 valence electrons. The molecule has 0 aliphatic rings. The van der Waals surface area contributed by atoms with Crippen molar-refractivity contribution < 1.29 is 9.84 Å². The van der Waals surface area contributed by atoms with Crippen molar-refractivity contribution in [2.45, 2.75) is 20.4 Å².